The third-order valence-corrected chi connectivity index (χ3v) is 4.36. The van der Waals surface area contributed by atoms with Gasteiger partial charge in [-0.15, -0.1) is 0 Å². The fraction of sp³-hybridized carbons (Fsp3) is 0.688. The molecule has 22 heavy (non-hydrogen) atoms. The zero-order valence-electron chi connectivity index (χ0n) is 13.6. The van der Waals surface area contributed by atoms with Gasteiger partial charge in [-0.3, -0.25) is 9.69 Å². The third-order valence-electron chi connectivity index (χ3n) is 4.36. The SMILES string of the molecule is Cc1cc(N2CCN([C@H]3CCOC3=O)CC2)nc(C(C)C)n1. The minimum Gasteiger partial charge on any atom is -0.464 e. The average Bonchev–Trinajstić information content (AvgIpc) is 2.93. The van der Waals surface area contributed by atoms with Gasteiger partial charge in [0.25, 0.3) is 0 Å². The Morgan fingerprint density at radius 1 is 1.23 bits per heavy atom. The topological polar surface area (TPSA) is 58.6 Å². The van der Waals surface area contributed by atoms with Crippen molar-refractivity contribution in [3.05, 3.63) is 17.6 Å². The van der Waals surface area contributed by atoms with Gasteiger partial charge in [0.05, 0.1) is 6.61 Å². The maximum absolute atomic E-state index is 11.7. The minimum absolute atomic E-state index is 0.0412. The monoisotopic (exact) mass is 304 g/mol. The van der Waals surface area contributed by atoms with Gasteiger partial charge in [-0.05, 0) is 6.92 Å². The largest absolute Gasteiger partial charge is 0.464 e. The molecule has 2 saturated heterocycles. The van der Waals surface area contributed by atoms with Crippen molar-refractivity contribution in [3.8, 4) is 0 Å². The number of esters is 1. The third kappa shape index (κ3) is 3.06. The lowest BCUT2D eigenvalue weighted by molar-refractivity contribution is -0.142. The quantitative estimate of drug-likeness (QED) is 0.786. The zero-order chi connectivity index (χ0) is 15.7. The van der Waals surface area contributed by atoms with Crippen molar-refractivity contribution in [1.82, 2.24) is 14.9 Å². The number of piperazine rings is 1. The van der Waals surface area contributed by atoms with E-state index in [1.54, 1.807) is 0 Å². The summed E-state index contributed by atoms with van der Waals surface area (Å²) >= 11 is 0. The van der Waals surface area contributed by atoms with E-state index in [9.17, 15) is 4.79 Å². The number of carbonyl (C=O) groups excluding carboxylic acids is 1. The summed E-state index contributed by atoms with van der Waals surface area (Å²) in [6.45, 7) is 10.3. The number of rotatable bonds is 3. The zero-order valence-corrected chi connectivity index (χ0v) is 13.6. The normalized spacial score (nSPS) is 23.2. The summed E-state index contributed by atoms with van der Waals surface area (Å²) < 4.78 is 5.07. The van der Waals surface area contributed by atoms with E-state index in [1.807, 2.05) is 13.0 Å². The van der Waals surface area contributed by atoms with Crippen LogP contribution < -0.4 is 4.90 Å². The van der Waals surface area contributed by atoms with Crippen molar-refractivity contribution in [2.75, 3.05) is 37.7 Å². The number of hydrogen-bond donors (Lipinski definition) is 0. The number of hydrogen-bond acceptors (Lipinski definition) is 6. The average molecular weight is 304 g/mol. The van der Waals surface area contributed by atoms with Crippen molar-refractivity contribution in [2.24, 2.45) is 0 Å². The van der Waals surface area contributed by atoms with Crippen LogP contribution in [-0.4, -0.2) is 59.7 Å². The van der Waals surface area contributed by atoms with Crippen LogP contribution in [0.5, 0.6) is 0 Å². The Bertz CT molecular complexity index is 553. The fourth-order valence-corrected chi connectivity index (χ4v) is 3.07. The Balaban J connectivity index is 1.67. The molecule has 2 aliphatic rings. The first-order valence-electron chi connectivity index (χ1n) is 8.06. The summed E-state index contributed by atoms with van der Waals surface area (Å²) in [7, 11) is 0. The van der Waals surface area contributed by atoms with E-state index in [0.29, 0.717) is 12.5 Å². The molecule has 6 heteroatoms. The van der Waals surface area contributed by atoms with Crippen LogP contribution >= 0.6 is 0 Å². The van der Waals surface area contributed by atoms with Crippen LogP contribution in [0.15, 0.2) is 6.07 Å². The molecule has 2 aliphatic heterocycles. The van der Waals surface area contributed by atoms with Gasteiger partial charge in [0, 0.05) is 50.3 Å². The first-order chi connectivity index (χ1) is 10.5. The van der Waals surface area contributed by atoms with Gasteiger partial charge >= 0.3 is 5.97 Å². The van der Waals surface area contributed by atoms with Crippen LogP contribution in [0.4, 0.5) is 5.82 Å². The number of aryl methyl sites for hydroxylation is 1. The molecule has 0 bridgehead atoms. The molecule has 0 saturated carbocycles. The summed E-state index contributed by atoms with van der Waals surface area (Å²) in [6.07, 6.45) is 0.822. The van der Waals surface area contributed by atoms with E-state index in [2.05, 4.69) is 28.6 Å². The van der Waals surface area contributed by atoms with Gasteiger partial charge in [0.15, 0.2) is 0 Å². The Morgan fingerprint density at radius 2 is 1.95 bits per heavy atom. The fourth-order valence-electron chi connectivity index (χ4n) is 3.07. The lowest BCUT2D eigenvalue weighted by atomic mass is 10.1. The minimum atomic E-state index is -0.0616. The Morgan fingerprint density at radius 3 is 2.55 bits per heavy atom. The highest BCUT2D eigenvalue weighted by Gasteiger charge is 2.34. The number of cyclic esters (lactones) is 1. The summed E-state index contributed by atoms with van der Waals surface area (Å²) in [5.74, 6) is 2.17. The molecule has 0 amide bonds. The Labute approximate surface area is 131 Å². The number of aromatic nitrogens is 2. The van der Waals surface area contributed by atoms with Gasteiger partial charge in [0.2, 0.25) is 0 Å². The smallest absolute Gasteiger partial charge is 0.323 e. The molecule has 6 nitrogen and oxygen atoms in total. The molecule has 0 radical (unpaired) electrons. The molecule has 3 heterocycles. The van der Waals surface area contributed by atoms with Crippen LogP contribution in [-0.2, 0) is 9.53 Å². The van der Waals surface area contributed by atoms with Crippen molar-refractivity contribution >= 4 is 11.8 Å². The maximum atomic E-state index is 11.7. The van der Waals surface area contributed by atoms with E-state index in [0.717, 1.165) is 49.9 Å². The number of carbonyl (C=O) groups is 1. The van der Waals surface area contributed by atoms with E-state index in [4.69, 9.17) is 9.72 Å². The van der Waals surface area contributed by atoms with Gasteiger partial charge in [-0.1, -0.05) is 13.8 Å². The summed E-state index contributed by atoms with van der Waals surface area (Å²) in [5, 5.41) is 0. The molecule has 0 unspecified atom stereocenters. The second-order valence-electron chi connectivity index (χ2n) is 6.38. The molecular formula is C16H24N4O2. The molecule has 0 aliphatic carbocycles. The van der Waals surface area contributed by atoms with Gasteiger partial charge in [-0.2, -0.15) is 0 Å². The van der Waals surface area contributed by atoms with E-state index in [-0.39, 0.29) is 12.0 Å². The molecule has 0 spiro atoms. The van der Waals surface area contributed by atoms with Crippen LogP contribution in [0, 0.1) is 6.92 Å². The second-order valence-corrected chi connectivity index (χ2v) is 6.38. The predicted octanol–water partition coefficient (Wildman–Crippen LogP) is 1.35. The van der Waals surface area contributed by atoms with Crippen molar-refractivity contribution in [2.45, 2.75) is 39.2 Å². The van der Waals surface area contributed by atoms with Crippen molar-refractivity contribution < 1.29 is 9.53 Å². The molecule has 0 N–H and O–H groups in total. The van der Waals surface area contributed by atoms with Crippen LogP contribution in [0.25, 0.3) is 0 Å². The number of ether oxygens (including phenoxy) is 1. The molecule has 1 aromatic heterocycles. The lowest BCUT2D eigenvalue weighted by Gasteiger charge is -2.37. The highest BCUT2D eigenvalue weighted by Crippen LogP contribution is 2.21. The lowest BCUT2D eigenvalue weighted by Crippen LogP contribution is -2.52. The van der Waals surface area contributed by atoms with Crippen molar-refractivity contribution in [1.29, 1.82) is 0 Å². The number of nitrogens with zero attached hydrogens (tertiary/aromatic N) is 4. The van der Waals surface area contributed by atoms with Crippen molar-refractivity contribution in [3.63, 3.8) is 0 Å². The summed E-state index contributed by atoms with van der Waals surface area (Å²) in [5.41, 5.74) is 1.01. The predicted molar refractivity (Wildman–Crippen MR) is 84.0 cm³/mol. The summed E-state index contributed by atoms with van der Waals surface area (Å²) in [4.78, 5) is 25.4. The van der Waals surface area contributed by atoms with Gasteiger partial charge in [0.1, 0.15) is 17.7 Å². The van der Waals surface area contributed by atoms with Gasteiger partial charge < -0.3 is 9.64 Å². The van der Waals surface area contributed by atoms with E-state index in [1.165, 1.54) is 0 Å². The molecule has 1 aromatic rings. The molecule has 1 atom stereocenters. The van der Waals surface area contributed by atoms with Crippen LogP contribution in [0.1, 0.15) is 37.7 Å². The molecular weight excluding hydrogens is 280 g/mol. The number of anilines is 1. The van der Waals surface area contributed by atoms with Crippen LogP contribution in [0.3, 0.4) is 0 Å². The van der Waals surface area contributed by atoms with E-state index >= 15 is 0 Å². The highest BCUT2D eigenvalue weighted by atomic mass is 16.5. The maximum Gasteiger partial charge on any atom is 0.323 e. The second kappa shape index (κ2) is 6.20. The Kier molecular flexibility index (Phi) is 4.29. The molecule has 120 valence electrons. The Hall–Kier alpha value is -1.69. The molecule has 0 aromatic carbocycles. The first-order valence-corrected chi connectivity index (χ1v) is 8.06. The molecule has 3 rings (SSSR count). The standard InChI is InChI=1S/C16H24N4O2/c1-11(2)15-17-12(3)10-14(18-15)20-7-5-19(6-8-20)13-4-9-22-16(13)21/h10-11,13H,4-9H2,1-3H3/t13-/m0/s1. The van der Waals surface area contributed by atoms with E-state index < -0.39 is 0 Å². The van der Waals surface area contributed by atoms with Gasteiger partial charge in [-0.25, -0.2) is 9.97 Å². The van der Waals surface area contributed by atoms with Crippen LogP contribution in [0.2, 0.25) is 0 Å². The molecule has 2 fully saturated rings. The first kappa shape index (κ1) is 15.2. The summed E-state index contributed by atoms with van der Waals surface area (Å²) in [6, 6.07) is 2.01. The highest BCUT2D eigenvalue weighted by molar-refractivity contribution is 5.77.